The number of rotatable bonds is 4. The summed E-state index contributed by atoms with van der Waals surface area (Å²) < 4.78 is 31.9. The fraction of sp³-hybridized carbons (Fsp3) is 0.312. The van der Waals surface area contributed by atoms with Gasteiger partial charge in [0, 0.05) is 23.7 Å². The monoisotopic (exact) mass is 366 g/mol. The topological polar surface area (TPSA) is 75.7 Å². The Balaban J connectivity index is 1.80. The van der Waals surface area contributed by atoms with Crippen molar-refractivity contribution in [3.05, 3.63) is 46.2 Å². The second kappa shape index (κ2) is 7.02. The molecule has 1 aromatic carbocycles. The molecule has 0 aliphatic carbocycles. The minimum atomic E-state index is -3.58. The molecule has 2 heterocycles. The smallest absolute Gasteiger partial charge is 0.265 e. The molecule has 3 rings (SSSR count). The molecule has 8 heteroatoms. The summed E-state index contributed by atoms with van der Waals surface area (Å²) in [6, 6.07) is 9.96. The number of ether oxygens (including phenoxy) is 1. The van der Waals surface area contributed by atoms with Crippen LogP contribution in [0.15, 0.2) is 41.3 Å². The number of carbonyl (C=O) groups excluding carboxylic acids is 1. The number of morpholine rings is 1. The van der Waals surface area contributed by atoms with E-state index in [4.69, 9.17) is 4.74 Å². The fourth-order valence-corrected chi connectivity index (χ4v) is 4.64. The van der Waals surface area contributed by atoms with Crippen molar-refractivity contribution in [3.8, 4) is 0 Å². The van der Waals surface area contributed by atoms with Gasteiger partial charge in [0.2, 0.25) is 10.0 Å². The van der Waals surface area contributed by atoms with Gasteiger partial charge in [0.15, 0.2) is 0 Å². The molecule has 0 saturated carbocycles. The Hall–Kier alpha value is -1.74. The highest BCUT2D eigenvalue weighted by atomic mass is 32.2. The lowest BCUT2D eigenvalue weighted by molar-refractivity contribution is 0.0730. The van der Waals surface area contributed by atoms with E-state index in [0.29, 0.717) is 36.9 Å². The van der Waals surface area contributed by atoms with Crippen LogP contribution in [0, 0.1) is 6.92 Å². The van der Waals surface area contributed by atoms with E-state index in [1.54, 1.807) is 18.2 Å². The van der Waals surface area contributed by atoms with Gasteiger partial charge < -0.3 is 10.1 Å². The van der Waals surface area contributed by atoms with E-state index < -0.39 is 10.0 Å². The first kappa shape index (κ1) is 17.1. The number of benzene rings is 1. The number of carbonyl (C=O) groups is 1. The molecule has 1 aromatic heterocycles. The summed E-state index contributed by atoms with van der Waals surface area (Å²) in [7, 11) is -3.58. The number of aryl methyl sites for hydroxylation is 1. The number of amides is 1. The highest BCUT2D eigenvalue weighted by molar-refractivity contribution is 7.89. The SMILES string of the molecule is Cc1ccc(C(=O)Nc2cccc(S(=O)(=O)N3CCOCC3)c2)s1. The molecule has 2 aromatic rings. The number of thiophene rings is 1. The third-order valence-corrected chi connectivity index (χ3v) is 6.56. The van der Waals surface area contributed by atoms with Crippen LogP contribution in [-0.4, -0.2) is 44.9 Å². The summed E-state index contributed by atoms with van der Waals surface area (Å²) in [5.74, 6) is -0.242. The van der Waals surface area contributed by atoms with E-state index >= 15 is 0 Å². The number of anilines is 1. The first-order valence-corrected chi connectivity index (χ1v) is 9.78. The molecule has 1 amide bonds. The van der Waals surface area contributed by atoms with Gasteiger partial charge in [-0.1, -0.05) is 6.07 Å². The van der Waals surface area contributed by atoms with Gasteiger partial charge in [-0.3, -0.25) is 4.79 Å². The van der Waals surface area contributed by atoms with E-state index in [1.807, 2.05) is 13.0 Å². The van der Waals surface area contributed by atoms with Gasteiger partial charge in [-0.25, -0.2) is 8.42 Å². The van der Waals surface area contributed by atoms with Crippen molar-refractivity contribution in [1.82, 2.24) is 4.31 Å². The molecule has 24 heavy (non-hydrogen) atoms. The van der Waals surface area contributed by atoms with Crippen LogP contribution < -0.4 is 5.32 Å². The second-order valence-electron chi connectivity index (χ2n) is 5.41. The molecule has 0 unspecified atom stereocenters. The third-order valence-electron chi connectivity index (χ3n) is 3.66. The molecule has 128 valence electrons. The molecule has 0 spiro atoms. The van der Waals surface area contributed by atoms with Gasteiger partial charge in [-0.05, 0) is 37.3 Å². The van der Waals surface area contributed by atoms with Gasteiger partial charge in [-0.15, -0.1) is 11.3 Å². The Morgan fingerprint density at radius 2 is 1.96 bits per heavy atom. The second-order valence-corrected chi connectivity index (χ2v) is 8.63. The van der Waals surface area contributed by atoms with Crippen molar-refractivity contribution in [2.24, 2.45) is 0 Å². The summed E-state index contributed by atoms with van der Waals surface area (Å²) in [5.41, 5.74) is 0.459. The van der Waals surface area contributed by atoms with Gasteiger partial charge >= 0.3 is 0 Å². The molecule has 1 fully saturated rings. The fourth-order valence-electron chi connectivity index (χ4n) is 2.42. The minimum absolute atomic E-state index is 0.171. The van der Waals surface area contributed by atoms with Crippen molar-refractivity contribution >= 4 is 33.0 Å². The Labute approximate surface area is 145 Å². The highest BCUT2D eigenvalue weighted by Crippen LogP contribution is 2.22. The predicted molar refractivity (Wildman–Crippen MR) is 93.0 cm³/mol. The van der Waals surface area contributed by atoms with Gasteiger partial charge in [0.05, 0.1) is 23.0 Å². The molecule has 1 saturated heterocycles. The summed E-state index contributed by atoms with van der Waals surface area (Å²) in [4.78, 5) is 14.0. The predicted octanol–water partition coefficient (Wildman–Crippen LogP) is 2.33. The first-order chi connectivity index (χ1) is 11.5. The van der Waals surface area contributed by atoms with Crippen LogP contribution in [0.4, 0.5) is 5.69 Å². The van der Waals surface area contributed by atoms with Crippen LogP contribution in [0.2, 0.25) is 0 Å². The lowest BCUT2D eigenvalue weighted by atomic mass is 10.3. The van der Waals surface area contributed by atoms with Crippen LogP contribution in [0.25, 0.3) is 0 Å². The Morgan fingerprint density at radius 3 is 2.62 bits per heavy atom. The molecule has 0 atom stereocenters. The van der Waals surface area contributed by atoms with E-state index in [2.05, 4.69) is 5.32 Å². The van der Waals surface area contributed by atoms with Crippen LogP contribution in [-0.2, 0) is 14.8 Å². The van der Waals surface area contributed by atoms with Crippen molar-refractivity contribution in [2.45, 2.75) is 11.8 Å². The van der Waals surface area contributed by atoms with Crippen molar-refractivity contribution < 1.29 is 17.9 Å². The van der Waals surface area contributed by atoms with Crippen molar-refractivity contribution in [3.63, 3.8) is 0 Å². The lowest BCUT2D eigenvalue weighted by Crippen LogP contribution is -2.40. The first-order valence-electron chi connectivity index (χ1n) is 7.52. The molecular formula is C16H18N2O4S2. The van der Waals surface area contributed by atoms with Crippen molar-refractivity contribution in [2.75, 3.05) is 31.6 Å². The summed E-state index contributed by atoms with van der Waals surface area (Å²) >= 11 is 1.40. The van der Waals surface area contributed by atoms with Crippen LogP contribution in [0.1, 0.15) is 14.5 Å². The maximum atomic E-state index is 12.7. The number of nitrogens with zero attached hydrogens (tertiary/aromatic N) is 1. The molecule has 1 aliphatic heterocycles. The summed E-state index contributed by atoms with van der Waals surface area (Å²) in [6.45, 7) is 3.40. The Kier molecular flexibility index (Phi) is 5.00. The number of hydrogen-bond acceptors (Lipinski definition) is 5. The maximum Gasteiger partial charge on any atom is 0.265 e. The molecule has 1 aliphatic rings. The van der Waals surface area contributed by atoms with E-state index in [0.717, 1.165) is 4.88 Å². The zero-order valence-corrected chi connectivity index (χ0v) is 14.8. The average Bonchev–Trinajstić information content (AvgIpc) is 3.02. The lowest BCUT2D eigenvalue weighted by Gasteiger charge is -2.26. The Morgan fingerprint density at radius 1 is 1.21 bits per heavy atom. The van der Waals surface area contributed by atoms with Crippen LogP contribution in [0.5, 0.6) is 0 Å². The molecule has 0 radical (unpaired) electrons. The van der Waals surface area contributed by atoms with Crippen molar-refractivity contribution in [1.29, 1.82) is 0 Å². The quantitative estimate of drug-likeness (QED) is 0.901. The molecular weight excluding hydrogens is 348 g/mol. The van der Waals surface area contributed by atoms with Gasteiger partial charge in [-0.2, -0.15) is 4.31 Å². The molecule has 0 bridgehead atoms. The minimum Gasteiger partial charge on any atom is -0.379 e. The largest absolute Gasteiger partial charge is 0.379 e. The summed E-state index contributed by atoms with van der Waals surface area (Å²) in [6.07, 6.45) is 0. The van der Waals surface area contributed by atoms with E-state index in [9.17, 15) is 13.2 Å². The number of nitrogens with one attached hydrogen (secondary N) is 1. The van der Waals surface area contributed by atoms with Gasteiger partial charge in [0.1, 0.15) is 0 Å². The number of hydrogen-bond donors (Lipinski definition) is 1. The third kappa shape index (κ3) is 3.67. The van der Waals surface area contributed by atoms with Crippen LogP contribution in [0.3, 0.4) is 0 Å². The van der Waals surface area contributed by atoms with Crippen LogP contribution >= 0.6 is 11.3 Å². The van der Waals surface area contributed by atoms with Gasteiger partial charge in [0.25, 0.3) is 5.91 Å². The summed E-state index contributed by atoms with van der Waals surface area (Å²) in [5, 5.41) is 2.75. The zero-order chi connectivity index (χ0) is 17.2. The Bertz CT molecular complexity index is 839. The number of sulfonamides is 1. The average molecular weight is 366 g/mol. The standard InChI is InChI=1S/C16H18N2O4S2/c1-12-5-6-15(23-12)16(19)17-13-3-2-4-14(11-13)24(20,21)18-7-9-22-10-8-18/h2-6,11H,7-10H2,1H3,(H,17,19). The van der Waals surface area contributed by atoms with E-state index in [1.165, 1.54) is 27.8 Å². The molecule has 1 N–H and O–H groups in total. The normalized spacial score (nSPS) is 16.0. The maximum absolute atomic E-state index is 12.7. The highest BCUT2D eigenvalue weighted by Gasteiger charge is 2.26. The molecule has 6 nitrogen and oxygen atoms in total. The zero-order valence-electron chi connectivity index (χ0n) is 13.2. The van der Waals surface area contributed by atoms with E-state index in [-0.39, 0.29) is 10.8 Å².